The molecule has 4 atom stereocenters. The van der Waals surface area contributed by atoms with Gasteiger partial charge in [0.2, 0.25) is 0 Å². The Morgan fingerprint density at radius 1 is 1.39 bits per heavy atom. The minimum absolute atomic E-state index is 0.0683. The molecule has 28 heavy (non-hydrogen) atoms. The molecule has 0 aliphatic carbocycles. The minimum atomic E-state index is -0.0683. The van der Waals surface area contributed by atoms with Crippen molar-refractivity contribution < 1.29 is 4.79 Å². The number of aromatic nitrogens is 2. The maximum atomic E-state index is 11.9. The van der Waals surface area contributed by atoms with E-state index < -0.39 is 0 Å². The fourth-order valence-electron chi connectivity index (χ4n) is 4.54. The van der Waals surface area contributed by atoms with E-state index >= 15 is 0 Å². The first-order chi connectivity index (χ1) is 13.5. The standard InChI is InChI=1S/C21H29N5OS/c1-13(2)23-21(27)22-11-16-9-15-6-7-26(16)12-17(15)18-10-19(25-14(3)24-18)20-5-4-8-28-20/h4-5,8,10,13,15-17H,6-7,9,11-12H2,1-3H3,(H2,22,23,27)/t15-,16+,17+/m0/s1. The van der Waals surface area contributed by atoms with Crippen molar-refractivity contribution >= 4 is 17.4 Å². The summed E-state index contributed by atoms with van der Waals surface area (Å²) in [6.07, 6.45) is 2.32. The summed E-state index contributed by atoms with van der Waals surface area (Å²) < 4.78 is 0. The summed E-state index contributed by atoms with van der Waals surface area (Å²) in [7, 11) is 0. The van der Waals surface area contributed by atoms with E-state index in [1.807, 2.05) is 20.8 Å². The average molecular weight is 400 g/mol. The smallest absolute Gasteiger partial charge is 0.315 e. The lowest BCUT2D eigenvalue weighted by Gasteiger charge is -2.49. The molecule has 7 heteroatoms. The van der Waals surface area contributed by atoms with E-state index in [4.69, 9.17) is 4.98 Å². The van der Waals surface area contributed by atoms with Crippen LogP contribution in [0, 0.1) is 12.8 Å². The average Bonchev–Trinajstić information content (AvgIpc) is 3.20. The molecule has 2 bridgehead atoms. The van der Waals surface area contributed by atoms with E-state index in [0.29, 0.717) is 24.4 Å². The normalized spacial score (nSPS) is 26.4. The lowest BCUT2D eigenvalue weighted by Crippen LogP contribution is -2.57. The van der Waals surface area contributed by atoms with Gasteiger partial charge in [-0.05, 0) is 63.6 Å². The number of nitrogens with one attached hydrogen (secondary N) is 2. The SMILES string of the molecule is Cc1nc(-c2cccs2)cc([C@@H]2CN3CC[C@H]2C[C@@H]3CNC(=O)NC(C)C)n1. The van der Waals surface area contributed by atoms with Crippen LogP contribution < -0.4 is 10.6 Å². The third-order valence-corrected chi connectivity index (χ3v) is 6.70. The number of hydrogen-bond acceptors (Lipinski definition) is 5. The number of amides is 2. The van der Waals surface area contributed by atoms with Crippen LogP contribution in [-0.4, -0.2) is 52.6 Å². The van der Waals surface area contributed by atoms with Gasteiger partial charge in [0.1, 0.15) is 5.82 Å². The highest BCUT2D eigenvalue weighted by molar-refractivity contribution is 7.13. The van der Waals surface area contributed by atoms with Crippen LogP contribution in [0.25, 0.3) is 10.6 Å². The van der Waals surface area contributed by atoms with Gasteiger partial charge < -0.3 is 10.6 Å². The van der Waals surface area contributed by atoms with Crippen LogP contribution in [0.2, 0.25) is 0 Å². The van der Waals surface area contributed by atoms with Crippen molar-refractivity contribution in [3.63, 3.8) is 0 Å². The fraction of sp³-hybridized carbons (Fsp3) is 0.571. The third-order valence-electron chi connectivity index (χ3n) is 5.81. The van der Waals surface area contributed by atoms with Crippen LogP contribution in [0.4, 0.5) is 4.79 Å². The van der Waals surface area contributed by atoms with Gasteiger partial charge in [-0.15, -0.1) is 11.3 Å². The van der Waals surface area contributed by atoms with E-state index in [-0.39, 0.29) is 12.1 Å². The molecule has 3 saturated heterocycles. The molecule has 0 radical (unpaired) electrons. The number of rotatable bonds is 5. The van der Waals surface area contributed by atoms with Gasteiger partial charge in [-0.25, -0.2) is 14.8 Å². The molecule has 6 nitrogen and oxygen atoms in total. The molecule has 0 spiro atoms. The summed E-state index contributed by atoms with van der Waals surface area (Å²) in [6.45, 7) is 8.78. The maximum absolute atomic E-state index is 11.9. The van der Waals surface area contributed by atoms with Crippen LogP contribution in [0.15, 0.2) is 23.6 Å². The van der Waals surface area contributed by atoms with Gasteiger partial charge in [-0.3, -0.25) is 4.90 Å². The molecule has 1 unspecified atom stereocenters. The van der Waals surface area contributed by atoms with Crippen LogP contribution in [0.5, 0.6) is 0 Å². The van der Waals surface area contributed by atoms with Crippen LogP contribution in [-0.2, 0) is 0 Å². The van der Waals surface area contributed by atoms with Gasteiger partial charge >= 0.3 is 6.03 Å². The molecular weight excluding hydrogens is 370 g/mol. The molecule has 2 amide bonds. The highest BCUT2D eigenvalue weighted by atomic mass is 32.1. The number of aryl methyl sites for hydroxylation is 1. The number of carbonyl (C=O) groups is 1. The van der Waals surface area contributed by atoms with Crippen molar-refractivity contribution in [2.45, 2.75) is 51.6 Å². The summed E-state index contributed by atoms with van der Waals surface area (Å²) in [5.74, 6) is 1.92. The maximum Gasteiger partial charge on any atom is 0.315 e. The molecule has 0 saturated carbocycles. The zero-order valence-corrected chi connectivity index (χ0v) is 17.6. The number of nitrogens with zero attached hydrogens (tertiary/aromatic N) is 3. The second kappa shape index (κ2) is 8.17. The van der Waals surface area contributed by atoms with Crippen molar-refractivity contribution in [3.8, 4) is 10.6 Å². The Morgan fingerprint density at radius 3 is 2.93 bits per heavy atom. The number of carbonyl (C=O) groups excluding carboxylic acids is 1. The topological polar surface area (TPSA) is 70.2 Å². The molecule has 3 aliphatic rings. The zero-order valence-electron chi connectivity index (χ0n) is 16.8. The van der Waals surface area contributed by atoms with Crippen LogP contribution >= 0.6 is 11.3 Å². The Labute approximate surface area is 170 Å². The highest BCUT2D eigenvalue weighted by Crippen LogP contribution is 2.41. The Kier molecular flexibility index (Phi) is 5.64. The Morgan fingerprint density at radius 2 is 2.25 bits per heavy atom. The van der Waals surface area contributed by atoms with Crippen LogP contribution in [0.3, 0.4) is 0 Å². The fourth-order valence-corrected chi connectivity index (χ4v) is 5.23. The number of urea groups is 1. The Hall–Kier alpha value is -1.99. The summed E-state index contributed by atoms with van der Waals surface area (Å²) >= 11 is 1.72. The van der Waals surface area contributed by atoms with Crippen molar-refractivity contribution in [2.75, 3.05) is 19.6 Å². The van der Waals surface area contributed by atoms with Crippen molar-refractivity contribution in [1.29, 1.82) is 0 Å². The molecule has 150 valence electrons. The van der Waals surface area contributed by atoms with Crippen molar-refractivity contribution in [1.82, 2.24) is 25.5 Å². The summed E-state index contributed by atoms with van der Waals surface area (Å²) in [4.78, 5) is 25.1. The third kappa shape index (κ3) is 4.20. The molecule has 2 aromatic rings. The van der Waals surface area contributed by atoms with Gasteiger partial charge in [0.15, 0.2) is 0 Å². The van der Waals surface area contributed by atoms with Gasteiger partial charge in [0.25, 0.3) is 0 Å². The number of piperidine rings is 3. The monoisotopic (exact) mass is 399 g/mol. The summed E-state index contributed by atoms with van der Waals surface area (Å²) in [6, 6.07) is 6.89. The first-order valence-electron chi connectivity index (χ1n) is 10.2. The molecule has 0 aromatic carbocycles. The Bertz CT molecular complexity index is 822. The first-order valence-corrected chi connectivity index (χ1v) is 11.1. The number of thiophene rings is 1. The quantitative estimate of drug-likeness (QED) is 0.808. The highest BCUT2D eigenvalue weighted by Gasteiger charge is 2.41. The van der Waals surface area contributed by atoms with Gasteiger partial charge in [0, 0.05) is 36.8 Å². The first kappa shape index (κ1) is 19.3. The number of fused-ring (bicyclic) bond motifs is 3. The summed E-state index contributed by atoms with van der Waals surface area (Å²) in [5, 5.41) is 8.04. The minimum Gasteiger partial charge on any atom is -0.337 e. The van der Waals surface area contributed by atoms with Crippen molar-refractivity contribution in [3.05, 3.63) is 35.1 Å². The van der Waals surface area contributed by atoms with Crippen molar-refractivity contribution in [2.24, 2.45) is 5.92 Å². The molecule has 5 heterocycles. The zero-order chi connectivity index (χ0) is 19.7. The predicted octanol–water partition coefficient (Wildman–Crippen LogP) is 3.40. The van der Waals surface area contributed by atoms with E-state index in [0.717, 1.165) is 31.0 Å². The molecular formula is C21H29N5OS. The molecule has 3 fully saturated rings. The van der Waals surface area contributed by atoms with Gasteiger partial charge in [-0.1, -0.05) is 6.07 Å². The number of hydrogen-bond donors (Lipinski definition) is 2. The predicted molar refractivity (Wildman–Crippen MR) is 113 cm³/mol. The molecule has 3 aliphatic heterocycles. The van der Waals surface area contributed by atoms with Crippen LogP contribution in [0.1, 0.15) is 44.1 Å². The molecule has 2 N–H and O–H groups in total. The molecule has 2 aromatic heterocycles. The second-order valence-electron chi connectivity index (χ2n) is 8.25. The molecule has 5 rings (SSSR count). The van der Waals surface area contributed by atoms with E-state index in [1.54, 1.807) is 11.3 Å². The lowest BCUT2D eigenvalue weighted by molar-refractivity contribution is 0.0304. The Balaban J connectivity index is 1.44. The van der Waals surface area contributed by atoms with E-state index in [1.165, 1.54) is 17.0 Å². The summed E-state index contributed by atoms with van der Waals surface area (Å²) in [5.41, 5.74) is 2.21. The van der Waals surface area contributed by atoms with E-state index in [2.05, 4.69) is 44.1 Å². The largest absolute Gasteiger partial charge is 0.337 e. The van der Waals surface area contributed by atoms with Gasteiger partial charge in [0.05, 0.1) is 10.6 Å². The van der Waals surface area contributed by atoms with E-state index in [9.17, 15) is 4.79 Å². The second-order valence-corrected chi connectivity index (χ2v) is 9.20. The van der Waals surface area contributed by atoms with Gasteiger partial charge in [-0.2, -0.15) is 0 Å². The lowest BCUT2D eigenvalue weighted by atomic mass is 9.74.